The summed E-state index contributed by atoms with van der Waals surface area (Å²) in [6.07, 6.45) is 17.1. The first-order valence-electron chi connectivity index (χ1n) is 7.15. The smallest absolute Gasteiger partial charge is 0.150 e. The number of hydrogen-bond acceptors (Lipinski definition) is 3. The van der Waals surface area contributed by atoms with E-state index in [0.29, 0.717) is 17.5 Å². The van der Waals surface area contributed by atoms with Crippen LogP contribution < -0.4 is 10.5 Å². The third-order valence-electron chi connectivity index (χ3n) is 4.94. The highest BCUT2D eigenvalue weighted by atomic mass is 16.5. The Labute approximate surface area is 118 Å². The Kier molecular flexibility index (Phi) is 2.34. The van der Waals surface area contributed by atoms with Gasteiger partial charge in [0.1, 0.15) is 11.5 Å². The minimum absolute atomic E-state index is 0.0659. The van der Waals surface area contributed by atoms with Crippen LogP contribution >= 0.6 is 0 Å². The van der Waals surface area contributed by atoms with Crippen molar-refractivity contribution in [3.05, 3.63) is 54.1 Å². The minimum Gasteiger partial charge on any atom is -0.459 e. The third-order valence-corrected chi connectivity index (χ3v) is 4.94. The largest absolute Gasteiger partial charge is 0.459 e. The van der Waals surface area contributed by atoms with Gasteiger partial charge in [-0.1, -0.05) is 24.3 Å². The summed E-state index contributed by atoms with van der Waals surface area (Å²) < 4.78 is 6.21. The highest BCUT2D eigenvalue weighted by molar-refractivity contribution is 5.51. The Bertz CT molecular complexity index is 659. The van der Waals surface area contributed by atoms with E-state index in [1.54, 1.807) is 12.4 Å². The van der Waals surface area contributed by atoms with E-state index < -0.39 is 0 Å². The van der Waals surface area contributed by atoms with Gasteiger partial charge in [-0.05, 0) is 37.7 Å². The number of anilines is 1. The molecule has 0 saturated heterocycles. The van der Waals surface area contributed by atoms with Crippen molar-refractivity contribution in [1.82, 2.24) is 4.98 Å². The van der Waals surface area contributed by atoms with Crippen LogP contribution in [0, 0.1) is 24.2 Å². The van der Waals surface area contributed by atoms with Gasteiger partial charge >= 0.3 is 0 Å². The van der Waals surface area contributed by atoms with Gasteiger partial charge in [0.15, 0.2) is 0 Å². The number of nitrogens with zero attached hydrogens (tertiary/aromatic N) is 1. The zero-order valence-electron chi connectivity index (χ0n) is 11.5. The van der Waals surface area contributed by atoms with Crippen LogP contribution in [0.15, 0.2) is 48.5 Å². The standard InChI is InChI=1S/C17H18N2O/c1-11-14(18)9-19-10-15(11)20-16-7-12-6-13-4-2-3-5-17(13,16)8-12/h2-5,7,9-10,12-13H,6,8,18H2,1H3. The first-order valence-corrected chi connectivity index (χ1v) is 7.15. The van der Waals surface area contributed by atoms with Gasteiger partial charge < -0.3 is 10.5 Å². The Morgan fingerprint density at radius 2 is 2.25 bits per heavy atom. The summed E-state index contributed by atoms with van der Waals surface area (Å²) in [5, 5.41) is 0. The van der Waals surface area contributed by atoms with Crippen LogP contribution in [0.4, 0.5) is 5.69 Å². The molecule has 3 aliphatic carbocycles. The number of hydrogen-bond donors (Lipinski definition) is 1. The number of rotatable bonds is 2. The Balaban J connectivity index is 1.70. The van der Waals surface area contributed by atoms with Crippen molar-refractivity contribution in [3.63, 3.8) is 0 Å². The van der Waals surface area contributed by atoms with Crippen molar-refractivity contribution in [2.24, 2.45) is 17.3 Å². The van der Waals surface area contributed by atoms with Crippen molar-refractivity contribution in [1.29, 1.82) is 0 Å². The summed E-state index contributed by atoms with van der Waals surface area (Å²) in [4.78, 5) is 4.14. The predicted octanol–water partition coefficient (Wildman–Crippen LogP) is 3.39. The van der Waals surface area contributed by atoms with Gasteiger partial charge in [-0.25, -0.2) is 0 Å². The van der Waals surface area contributed by atoms with Gasteiger partial charge in [0.25, 0.3) is 0 Å². The molecule has 0 radical (unpaired) electrons. The highest BCUT2D eigenvalue weighted by Crippen LogP contribution is 2.60. The fraction of sp³-hybridized carbons (Fsp3) is 0.353. The molecular formula is C17H18N2O. The maximum absolute atomic E-state index is 6.21. The lowest BCUT2D eigenvalue weighted by atomic mass is 9.74. The molecule has 20 heavy (non-hydrogen) atoms. The molecule has 3 unspecified atom stereocenters. The molecule has 3 atom stereocenters. The van der Waals surface area contributed by atoms with E-state index in [9.17, 15) is 0 Å². The summed E-state index contributed by atoms with van der Waals surface area (Å²) in [6, 6.07) is 0. The lowest BCUT2D eigenvalue weighted by molar-refractivity contribution is 0.256. The number of pyridine rings is 1. The van der Waals surface area contributed by atoms with E-state index >= 15 is 0 Å². The zero-order chi connectivity index (χ0) is 13.7. The predicted molar refractivity (Wildman–Crippen MR) is 79.0 cm³/mol. The summed E-state index contributed by atoms with van der Waals surface area (Å²) in [5.41, 5.74) is 7.62. The number of fused-ring (bicyclic) bond motifs is 1. The third kappa shape index (κ3) is 1.49. The summed E-state index contributed by atoms with van der Waals surface area (Å²) in [7, 11) is 0. The SMILES string of the molecule is Cc1c(N)cncc1OC1=CC2CC3C=CC=CC13C2. The molecule has 1 fully saturated rings. The molecular weight excluding hydrogens is 248 g/mol. The van der Waals surface area contributed by atoms with E-state index in [4.69, 9.17) is 10.5 Å². The fourth-order valence-electron chi connectivity index (χ4n) is 3.81. The van der Waals surface area contributed by atoms with Crippen LogP contribution in [0.5, 0.6) is 5.75 Å². The van der Waals surface area contributed by atoms with Crippen LogP contribution in [-0.2, 0) is 0 Å². The number of nitrogens with two attached hydrogens (primary N) is 1. The van der Waals surface area contributed by atoms with Gasteiger partial charge in [0, 0.05) is 5.56 Å². The van der Waals surface area contributed by atoms with Crippen molar-refractivity contribution < 1.29 is 4.74 Å². The first-order chi connectivity index (χ1) is 9.69. The van der Waals surface area contributed by atoms with Crippen LogP contribution in [0.25, 0.3) is 0 Å². The Hall–Kier alpha value is -2.03. The second-order valence-electron chi connectivity index (χ2n) is 6.08. The molecule has 0 amide bonds. The number of ether oxygens (including phenoxy) is 1. The normalized spacial score (nSPS) is 33.1. The first kappa shape index (κ1) is 11.8. The summed E-state index contributed by atoms with van der Waals surface area (Å²) in [6.45, 7) is 1.98. The molecule has 3 heteroatoms. The zero-order valence-corrected chi connectivity index (χ0v) is 11.5. The highest BCUT2D eigenvalue weighted by Gasteiger charge is 2.53. The Morgan fingerprint density at radius 1 is 1.35 bits per heavy atom. The van der Waals surface area contributed by atoms with Gasteiger partial charge in [-0.15, -0.1) is 0 Å². The lowest BCUT2D eigenvalue weighted by Crippen LogP contribution is -2.28. The van der Waals surface area contributed by atoms with Gasteiger partial charge in [-0.2, -0.15) is 0 Å². The maximum atomic E-state index is 6.21. The Morgan fingerprint density at radius 3 is 3.15 bits per heavy atom. The monoisotopic (exact) mass is 266 g/mol. The van der Waals surface area contributed by atoms with Gasteiger partial charge in [0.2, 0.25) is 0 Å². The number of aromatic nitrogens is 1. The van der Waals surface area contributed by atoms with Crippen molar-refractivity contribution in [2.45, 2.75) is 19.8 Å². The fourth-order valence-corrected chi connectivity index (χ4v) is 3.81. The second kappa shape index (κ2) is 3.98. The molecule has 4 rings (SSSR count). The van der Waals surface area contributed by atoms with E-state index in [2.05, 4.69) is 35.4 Å². The van der Waals surface area contributed by atoms with Crippen molar-refractivity contribution in [3.8, 4) is 5.75 Å². The molecule has 1 aromatic heterocycles. The number of allylic oxidation sites excluding steroid dienone is 5. The molecule has 1 heterocycles. The van der Waals surface area contributed by atoms with Gasteiger partial charge in [-0.3, -0.25) is 4.98 Å². The van der Waals surface area contributed by atoms with Crippen LogP contribution in [0.3, 0.4) is 0 Å². The molecule has 0 aromatic carbocycles. The topological polar surface area (TPSA) is 48.1 Å². The molecule has 0 aliphatic heterocycles. The molecule has 2 N–H and O–H groups in total. The molecule has 1 aromatic rings. The van der Waals surface area contributed by atoms with Crippen LogP contribution in [-0.4, -0.2) is 4.98 Å². The molecule has 3 nitrogen and oxygen atoms in total. The van der Waals surface area contributed by atoms with E-state index in [1.165, 1.54) is 12.8 Å². The van der Waals surface area contributed by atoms with Crippen LogP contribution in [0.1, 0.15) is 18.4 Å². The molecule has 3 aliphatic rings. The molecule has 2 bridgehead atoms. The van der Waals surface area contributed by atoms with E-state index in [0.717, 1.165) is 17.1 Å². The quantitative estimate of drug-likeness (QED) is 0.892. The summed E-state index contributed by atoms with van der Waals surface area (Å²) in [5.74, 6) is 3.07. The average molecular weight is 266 g/mol. The summed E-state index contributed by atoms with van der Waals surface area (Å²) >= 11 is 0. The molecule has 102 valence electrons. The van der Waals surface area contributed by atoms with Gasteiger partial charge in [0.05, 0.1) is 23.5 Å². The minimum atomic E-state index is 0.0659. The second-order valence-corrected chi connectivity index (χ2v) is 6.08. The van der Waals surface area contributed by atoms with Crippen molar-refractivity contribution >= 4 is 5.69 Å². The van der Waals surface area contributed by atoms with Crippen molar-refractivity contribution in [2.75, 3.05) is 5.73 Å². The number of nitrogen functional groups attached to an aromatic ring is 1. The molecule has 1 saturated carbocycles. The lowest BCUT2D eigenvalue weighted by Gasteiger charge is -2.34. The molecule has 1 spiro atoms. The average Bonchev–Trinajstić information content (AvgIpc) is 2.97. The van der Waals surface area contributed by atoms with Crippen LogP contribution in [0.2, 0.25) is 0 Å². The van der Waals surface area contributed by atoms with E-state index in [-0.39, 0.29) is 5.41 Å². The maximum Gasteiger partial charge on any atom is 0.150 e. The van der Waals surface area contributed by atoms with E-state index in [1.807, 2.05) is 6.92 Å².